The predicted molar refractivity (Wildman–Crippen MR) is 119 cm³/mol. The number of halogens is 1. The first-order valence-electron chi connectivity index (χ1n) is 10.1. The SMILES string of the molecule is O=C(O)CCC/C=C\[C@@H]1C[C@@H](NS(=O)(=O)c2ccc(Cl)cc2)CN1Cc1ccccn1. The maximum absolute atomic E-state index is 12.8. The molecule has 1 fully saturated rings. The maximum Gasteiger partial charge on any atom is 0.303 e. The lowest BCUT2D eigenvalue weighted by molar-refractivity contribution is -0.137. The third kappa shape index (κ3) is 7.14. The molecular weight excluding hydrogens is 438 g/mol. The second kappa shape index (κ2) is 10.9. The molecule has 9 heteroatoms. The van der Waals surface area contributed by atoms with Crippen molar-refractivity contribution in [3.63, 3.8) is 0 Å². The Kier molecular flexibility index (Phi) is 8.20. The van der Waals surface area contributed by atoms with Crippen LogP contribution in [-0.2, 0) is 21.4 Å². The van der Waals surface area contributed by atoms with E-state index in [1.54, 1.807) is 18.3 Å². The van der Waals surface area contributed by atoms with E-state index in [0.29, 0.717) is 37.4 Å². The summed E-state index contributed by atoms with van der Waals surface area (Å²) < 4.78 is 28.4. The summed E-state index contributed by atoms with van der Waals surface area (Å²) in [7, 11) is -3.66. The van der Waals surface area contributed by atoms with Gasteiger partial charge in [-0.3, -0.25) is 14.7 Å². The molecule has 0 aliphatic carbocycles. The van der Waals surface area contributed by atoms with Crippen molar-refractivity contribution in [1.29, 1.82) is 0 Å². The van der Waals surface area contributed by atoms with E-state index in [4.69, 9.17) is 16.7 Å². The Morgan fingerprint density at radius 3 is 2.71 bits per heavy atom. The molecule has 2 atom stereocenters. The Morgan fingerprint density at radius 2 is 2.03 bits per heavy atom. The third-order valence-corrected chi connectivity index (χ3v) is 6.89. The zero-order chi connectivity index (χ0) is 22.3. The molecule has 1 saturated heterocycles. The van der Waals surface area contributed by atoms with Gasteiger partial charge < -0.3 is 5.11 Å². The number of likely N-dealkylation sites (tertiary alicyclic amines) is 1. The van der Waals surface area contributed by atoms with Crippen LogP contribution in [0.5, 0.6) is 0 Å². The van der Waals surface area contributed by atoms with Crippen molar-refractivity contribution in [2.24, 2.45) is 0 Å². The molecule has 0 saturated carbocycles. The Bertz CT molecular complexity index is 997. The summed E-state index contributed by atoms with van der Waals surface area (Å²) >= 11 is 5.87. The summed E-state index contributed by atoms with van der Waals surface area (Å²) in [5.74, 6) is -0.803. The topological polar surface area (TPSA) is 99.6 Å². The molecule has 1 aliphatic rings. The van der Waals surface area contributed by atoms with E-state index in [1.807, 2.05) is 30.4 Å². The third-order valence-electron chi connectivity index (χ3n) is 5.11. The molecule has 1 aliphatic heterocycles. The highest BCUT2D eigenvalue weighted by atomic mass is 35.5. The number of hydrogen-bond donors (Lipinski definition) is 2. The number of pyridine rings is 1. The highest BCUT2D eigenvalue weighted by Crippen LogP contribution is 2.24. The van der Waals surface area contributed by atoms with Crippen molar-refractivity contribution in [2.45, 2.75) is 49.2 Å². The number of nitrogens with one attached hydrogen (secondary N) is 1. The van der Waals surface area contributed by atoms with Crippen LogP contribution in [0.4, 0.5) is 0 Å². The van der Waals surface area contributed by atoms with Crippen molar-refractivity contribution in [2.75, 3.05) is 6.54 Å². The number of benzene rings is 1. The number of carboxylic acids is 1. The van der Waals surface area contributed by atoms with E-state index in [0.717, 1.165) is 5.69 Å². The molecule has 0 spiro atoms. The normalized spacial score (nSPS) is 19.8. The average molecular weight is 464 g/mol. The van der Waals surface area contributed by atoms with E-state index in [9.17, 15) is 13.2 Å². The van der Waals surface area contributed by atoms with Crippen LogP contribution in [-0.4, -0.2) is 48.0 Å². The van der Waals surface area contributed by atoms with Gasteiger partial charge in [0.2, 0.25) is 10.0 Å². The minimum atomic E-state index is -3.66. The number of carboxylic acid groups (broad SMARTS) is 1. The number of aliphatic carboxylic acids is 1. The van der Waals surface area contributed by atoms with Gasteiger partial charge in [0.1, 0.15) is 0 Å². The van der Waals surface area contributed by atoms with Crippen LogP contribution in [0.1, 0.15) is 31.4 Å². The molecule has 31 heavy (non-hydrogen) atoms. The van der Waals surface area contributed by atoms with E-state index < -0.39 is 16.0 Å². The summed E-state index contributed by atoms with van der Waals surface area (Å²) in [6.45, 7) is 1.15. The lowest BCUT2D eigenvalue weighted by atomic mass is 10.1. The molecule has 0 bridgehead atoms. The molecule has 2 heterocycles. The molecule has 2 N–H and O–H groups in total. The van der Waals surface area contributed by atoms with Gasteiger partial charge in [-0.05, 0) is 55.7 Å². The summed E-state index contributed by atoms with van der Waals surface area (Å²) in [4.78, 5) is 17.4. The monoisotopic (exact) mass is 463 g/mol. The summed E-state index contributed by atoms with van der Waals surface area (Å²) in [6.07, 6.45) is 7.76. The average Bonchev–Trinajstić information content (AvgIpc) is 3.08. The number of carbonyl (C=O) groups is 1. The smallest absolute Gasteiger partial charge is 0.303 e. The number of sulfonamides is 1. The van der Waals surface area contributed by atoms with Gasteiger partial charge in [0, 0.05) is 42.8 Å². The second-order valence-corrected chi connectivity index (χ2v) is 9.69. The lowest BCUT2D eigenvalue weighted by Gasteiger charge is -2.21. The number of aromatic nitrogens is 1. The largest absolute Gasteiger partial charge is 0.481 e. The van der Waals surface area contributed by atoms with Gasteiger partial charge in [-0.2, -0.15) is 0 Å². The predicted octanol–water partition coefficient (Wildman–Crippen LogP) is 3.47. The quantitative estimate of drug-likeness (QED) is 0.413. The van der Waals surface area contributed by atoms with Crippen molar-refractivity contribution < 1.29 is 18.3 Å². The van der Waals surface area contributed by atoms with Crippen molar-refractivity contribution in [3.05, 3.63) is 71.5 Å². The fourth-order valence-corrected chi connectivity index (χ4v) is 4.99. The minimum Gasteiger partial charge on any atom is -0.481 e. The van der Waals surface area contributed by atoms with Crippen molar-refractivity contribution in [1.82, 2.24) is 14.6 Å². The first kappa shape index (κ1) is 23.4. The van der Waals surface area contributed by atoms with Gasteiger partial charge in [0.25, 0.3) is 0 Å². The first-order valence-corrected chi connectivity index (χ1v) is 12.0. The highest BCUT2D eigenvalue weighted by molar-refractivity contribution is 7.89. The molecule has 1 aromatic carbocycles. The van der Waals surface area contributed by atoms with E-state index in [1.165, 1.54) is 12.1 Å². The summed E-state index contributed by atoms with van der Waals surface area (Å²) in [5, 5.41) is 9.25. The van der Waals surface area contributed by atoms with Crippen LogP contribution in [0.2, 0.25) is 5.02 Å². The zero-order valence-corrected chi connectivity index (χ0v) is 18.6. The summed E-state index contributed by atoms with van der Waals surface area (Å²) in [6, 6.07) is 11.6. The number of hydrogen-bond acceptors (Lipinski definition) is 5. The van der Waals surface area contributed by atoms with Gasteiger partial charge >= 0.3 is 5.97 Å². The molecule has 2 aromatic rings. The fourth-order valence-electron chi connectivity index (χ4n) is 3.63. The number of unbranched alkanes of at least 4 members (excludes halogenated alkanes) is 1. The van der Waals surface area contributed by atoms with Gasteiger partial charge in [-0.15, -0.1) is 0 Å². The van der Waals surface area contributed by atoms with E-state index >= 15 is 0 Å². The standard InChI is InChI=1S/C22H26ClN3O4S/c23-17-9-11-21(12-10-17)31(29,30)25-19-14-20(7-2-1-3-8-22(27)28)26(16-19)15-18-6-4-5-13-24-18/h2,4-7,9-13,19-20,25H,1,3,8,14-16H2,(H,27,28)/b7-2-/t19-,20-/m1/s1. The summed E-state index contributed by atoms with van der Waals surface area (Å²) in [5.41, 5.74) is 0.910. The van der Waals surface area contributed by atoms with Crippen molar-refractivity contribution in [3.8, 4) is 0 Å². The molecule has 0 radical (unpaired) electrons. The Hall–Kier alpha value is -2.26. The number of rotatable bonds is 10. The van der Waals surface area contributed by atoms with Gasteiger partial charge in [-0.25, -0.2) is 13.1 Å². The van der Waals surface area contributed by atoms with Crippen LogP contribution < -0.4 is 4.72 Å². The molecule has 3 rings (SSSR count). The first-order chi connectivity index (χ1) is 14.8. The maximum atomic E-state index is 12.8. The zero-order valence-electron chi connectivity index (χ0n) is 17.0. The Labute approximate surface area is 187 Å². The molecular formula is C22H26ClN3O4S. The molecule has 0 amide bonds. The van der Waals surface area contributed by atoms with Crippen LogP contribution in [0, 0.1) is 0 Å². The van der Waals surface area contributed by atoms with Gasteiger partial charge in [0.15, 0.2) is 0 Å². The fraction of sp³-hybridized carbons (Fsp3) is 0.364. The number of allylic oxidation sites excluding steroid dienone is 1. The van der Waals surface area contributed by atoms with Crippen LogP contribution in [0.3, 0.4) is 0 Å². The Morgan fingerprint density at radius 1 is 1.26 bits per heavy atom. The van der Waals surface area contributed by atoms with Gasteiger partial charge in [0.05, 0.1) is 10.6 Å². The van der Waals surface area contributed by atoms with Crippen LogP contribution in [0.25, 0.3) is 0 Å². The van der Waals surface area contributed by atoms with Crippen LogP contribution >= 0.6 is 11.6 Å². The Balaban J connectivity index is 1.68. The second-order valence-electron chi connectivity index (χ2n) is 7.54. The molecule has 0 unspecified atom stereocenters. The van der Waals surface area contributed by atoms with E-state index in [2.05, 4.69) is 14.6 Å². The van der Waals surface area contributed by atoms with Crippen LogP contribution in [0.15, 0.2) is 65.7 Å². The minimum absolute atomic E-state index is 0.0322. The lowest BCUT2D eigenvalue weighted by Crippen LogP contribution is -2.37. The highest BCUT2D eigenvalue weighted by Gasteiger charge is 2.33. The van der Waals surface area contributed by atoms with Crippen molar-refractivity contribution >= 4 is 27.6 Å². The van der Waals surface area contributed by atoms with Gasteiger partial charge in [-0.1, -0.05) is 29.8 Å². The molecule has 166 valence electrons. The number of nitrogens with zero attached hydrogens (tertiary/aromatic N) is 2. The van der Waals surface area contributed by atoms with E-state index in [-0.39, 0.29) is 23.4 Å². The molecule has 7 nitrogen and oxygen atoms in total. The molecule has 1 aromatic heterocycles.